The Bertz CT molecular complexity index is 1580. The zero-order chi connectivity index (χ0) is 24.6. The molecular weight excluding hydrogens is 454 g/mol. The number of nitrogens with zero attached hydrogens (tertiary/aromatic N) is 3. The summed E-state index contributed by atoms with van der Waals surface area (Å²) in [5, 5.41) is 15.6. The van der Waals surface area contributed by atoms with Gasteiger partial charge in [0.15, 0.2) is 11.5 Å². The molecule has 2 aliphatic heterocycles. The third-order valence-electron chi connectivity index (χ3n) is 6.21. The Kier molecular flexibility index (Phi) is 5.16. The fourth-order valence-electron chi connectivity index (χ4n) is 4.46. The molecule has 3 heterocycles. The Labute approximate surface area is 207 Å². The van der Waals surface area contributed by atoms with Crippen LogP contribution in [0.15, 0.2) is 73.1 Å². The van der Waals surface area contributed by atoms with E-state index < -0.39 is 0 Å². The highest BCUT2D eigenvalue weighted by molar-refractivity contribution is 6.37. The number of amides is 1. The highest BCUT2D eigenvalue weighted by atomic mass is 16.6. The van der Waals surface area contributed by atoms with Crippen molar-refractivity contribution in [1.29, 1.82) is 5.26 Å². The smallest absolute Gasteiger partial charge is 0.258 e. The third kappa shape index (κ3) is 3.73. The van der Waals surface area contributed by atoms with E-state index in [0.29, 0.717) is 47.2 Å². The number of hydrogen-bond donors (Lipinski definition) is 2. The Morgan fingerprint density at radius 1 is 1.06 bits per heavy atom. The molecule has 0 radical (unpaired) electrons. The van der Waals surface area contributed by atoms with Crippen LogP contribution in [0.3, 0.4) is 0 Å². The van der Waals surface area contributed by atoms with Gasteiger partial charge in [-0.3, -0.25) is 4.79 Å². The van der Waals surface area contributed by atoms with Crippen LogP contribution in [0, 0.1) is 11.3 Å². The van der Waals surface area contributed by atoms with E-state index in [0.717, 1.165) is 28.2 Å². The van der Waals surface area contributed by atoms with Crippen molar-refractivity contribution < 1.29 is 14.3 Å². The molecular formula is C28H21N5O3. The fourth-order valence-corrected chi connectivity index (χ4v) is 4.46. The molecule has 6 rings (SSSR count). The molecule has 1 aromatic heterocycles. The SMILES string of the molecule is Cn1ccnc1-c1ccc(N/C(=C2\C(=O)Nc3cc(C#N)ccc32)c2ccc3c(c2)OCCO3)cc1. The van der Waals surface area contributed by atoms with Gasteiger partial charge in [0, 0.05) is 41.8 Å². The zero-order valence-electron chi connectivity index (χ0n) is 19.4. The number of imidazole rings is 1. The average molecular weight is 476 g/mol. The van der Waals surface area contributed by atoms with E-state index in [9.17, 15) is 10.1 Å². The molecule has 0 saturated carbocycles. The number of rotatable bonds is 4. The number of hydrogen-bond acceptors (Lipinski definition) is 6. The van der Waals surface area contributed by atoms with E-state index in [2.05, 4.69) is 21.7 Å². The summed E-state index contributed by atoms with van der Waals surface area (Å²) in [6, 6.07) is 20.8. The first-order valence-electron chi connectivity index (χ1n) is 11.5. The second-order valence-corrected chi connectivity index (χ2v) is 8.50. The molecule has 2 aliphatic rings. The molecule has 4 aromatic rings. The summed E-state index contributed by atoms with van der Waals surface area (Å²) >= 11 is 0. The normalized spacial score (nSPS) is 15.1. The van der Waals surface area contributed by atoms with Crippen molar-refractivity contribution in [2.75, 3.05) is 23.8 Å². The van der Waals surface area contributed by atoms with Crippen LogP contribution < -0.4 is 20.1 Å². The predicted molar refractivity (Wildman–Crippen MR) is 136 cm³/mol. The predicted octanol–water partition coefficient (Wildman–Crippen LogP) is 4.66. The van der Waals surface area contributed by atoms with Crippen LogP contribution >= 0.6 is 0 Å². The van der Waals surface area contributed by atoms with Crippen molar-refractivity contribution in [2.24, 2.45) is 7.05 Å². The summed E-state index contributed by atoms with van der Waals surface area (Å²) in [6.45, 7) is 0.961. The standard InChI is InChI=1S/C28H21N5O3/c1-33-11-10-30-27(33)18-3-6-20(7-4-18)31-26(19-5-9-23-24(15-19)36-13-12-35-23)25-21-8-2-17(16-29)14-22(21)32-28(25)34/h2-11,14-15,31H,12-13H2,1H3,(H,32,34)/b26-25-. The number of fused-ring (bicyclic) bond motifs is 2. The van der Waals surface area contributed by atoms with E-state index in [-0.39, 0.29) is 5.91 Å². The lowest BCUT2D eigenvalue weighted by Crippen LogP contribution is -2.16. The topological polar surface area (TPSA) is 101 Å². The van der Waals surface area contributed by atoms with Gasteiger partial charge < -0.3 is 24.7 Å². The number of carbonyl (C=O) groups is 1. The number of ether oxygens (including phenoxy) is 2. The van der Waals surface area contributed by atoms with Gasteiger partial charge in [-0.1, -0.05) is 6.07 Å². The summed E-state index contributed by atoms with van der Waals surface area (Å²) in [7, 11) is 1.95. The van der Waals surface area contributed by atoms with Gasteiger partial charge in [-0.15, -0.1) is 0 Å². The van der Waals surface area contributed by atoms with Crippen LogP contribution in [0.4, 0.5) is 11.4 Å². The lowest BCUT2D eigenvalue weighted by Gasteiger charge is -2.21. The van der Waals surface area contributed by atoms with Crippen LogP contribution in [0.25, 0.3) is 22.7 Å². The summed E-state index contributed by atoms with van der Waals surface area (Å²) in [6.07, 6.45) is 3.67. The fraction of sp³-hybridized carbons (Fsp3) is 0.107. The number of nitriles is 1. The van der Waals surface area contributed by atoms with Gasteiger partial charge in [0.25, 0.3) is 5.91 Å². The maximum atomic E-state index is 13.2. The monoisotopic (exact) mass is 475 g/mol. The highest BCUT2D eigenvalue weighted by Crippen LogP contribution is 2.40. The molecule has 0 aliphatic carbocycles. The lowest BCUT2D eigenvalue weighted by atomic mass is 9.98. The number of anilines is 2. The summed E-state index contributed by atoms with van der Waals surface area (Å²) in [4.78, 5) is 17.6. The van der Waals surface area contributed by atoms with E-state index >= 15 is 0 Å². The Morgan fingerprint density at radius 3 is 2.61 bits per heavy atom. The molecule has 3 aromatic carbocycles. The Morgan fingerprint density at radius 2 is 1.86 bits per heavy atom. The van der Waals surface area contributed by atoms with Crippen LogP contribution in [-0.4, -0.2) is 28.7 Å². The lowest BCUT2D eigenvalue weighted by molar-refractivity contribution is -0.110. The Hall–Kier alpha value is -5.03. The Balaban J connectivity index is 1.46. The molecule has 0 saturated heterocycles. The van der Waals surface area contributed by atoms with E-state index in [1.165, 1.54) is 0 Å². The van der Waals surface area contributed by atoms with Gasteiger partial charge >= 0.3 is 0 Å². The number of nitrogens with one attached hydrogen (secondary N) is 2. The summed E-state index contributed by atoms with van der Waals surface area (Å²) in [5.74, 6) is 1.91. The van der Waals surface area contributed by atoms with Gasteiger partial charge in [0.05, 0.1) is 28.6 Å². The molecule has 0 fully saturated rings. The molecule has 0 unspecified atom stereocenters. The molecule has 2 N–H and O–H groups in total. The number of carbonyl (C=O) groups excluding carboxylic acids is 1. The van der Waals surface area contributed by atoms with Crippen LogP contribution in [-0.2, 0) is 11.8 Å². The van der Waals surface area contributed by atoms with Crippen molar-refractivity contribution in [3.63, 3.8) is 0 Å². The minimum Gasteiger partial charge on any atom is -0.486 e. The first kappa shape index (κ1) is 21.5. The van der Waals surface area contributed by atoms with Crippen molar-refractivity contribution in [3.8, 4) is 29.0 Å². The second-order valence-electron chi connectivity index (χ2n) is 8.50. The zero-order valence-corrected chi connectivity index (χ0v) is 19.4. The maximum absolute atomic E-state index is 13.2. The van der Waals surface area contributed by atoms with Crippen LogP contribution in [0.5, 0.6) is 11.5 Å². The molecule has 1 amide bonds. The van der Waals surface area contributed by atoms with Crippen molar-refractivity contribution in [3.05, 3.63) is 89.7 Å². The van der Waals surface area contributed by atoms with E-state index in [1.54, 1.807) is 24.4 Å². The first-order chi connectivity index (χ1) is 17.6. The maximum Gasteiger partial charge on any atom is 0.258 e. The van der Waals surface area contributed by atoms with Crippen molar-refractivity contribution >= 4 is 28.6 Å². The minimum atomic E-state index is -0.248. The van der Waals surface area contributed by atoms with Gasteiger partial charge in [-0.2, -0.15) is 5.26 Å². The summed E-state index contributed by atoms with van der Waals surface area (Å²) < 4.78 is 13.4. The number of aryl methyl sites for hydroxylation is 1. The minimum absolute atomic E-state index is 0.248. The molecule has 0 bridgehead atoms. The number of aromatic nitrogens is 2. The molecule has 8 nitrogen and oxygen atoms in total. The van der Waals surface area contributed by atoms with Gasteiger partial charge in [-0.05, 0) is 54.6 Å². The summed E-state index contributed by atoms with van der Waals surface area (Å²) in [5.41, 5.74) is 5.48. The van der Waals surface area contributed by atoms with Gasteiger partial charge in [-0.25, -0.2) is 4.98 Å². The van der Waals surface area contributed by atoms with E-state index in [1.807, 2.05) is 60.3 Å². The number of benzene rings is 3. The van der Waals surface area contributed by atoms with Gasteiger partial charge in [0.1, 0.15) is 19.0 Å². The molecule has 0 atom stereocenters. The molecule has 36 heavy (non-hydrogen) atoms. The second kappa shape index (κ2) is 8.64. The first-order valence-corrected chi connectivity index (χ1v) is 11.5. The van der Waals surface area contributed by atoms with Crippen molar-refractivity contribution in [1.82, 2.24) is 9.55 Å². The molecule has 0 spiro atoms. The molecule has 176 valence electrons. The molecule has 8 heteroatoms. The van der Waals surface area contributed by atoms with Crippen molar-refractivity contribution in [2.45, 2.75) is 0 Å². The quantitative estimate of drug-likeness (QED) is 0.416. The van der Waals surface area contributed by atoms with Crippen LogP contribution in [0.2, 0.25) is 0 Å². The largest absolute Gasteiger partial charge is 0.486 e. The highest BCUT2D eigenvalue weighted by Gasteiger charge is 2.29. The van der Waals surface area contributed by atoms with E-state index in [4.69, 9.17) is 9.47 Å². The third-order valence-corrected chi connectivity index (χ3v) is 6.21. The average Bonchev–Trinajstić information content (AvgIpc) is 3.48. The van der Waals surface area contributed by atoms with Crippen LogP contribution in [0.1, 0.15) is 16.7 Å². The van der Waals surface area contributed by atoms with Gasteiger partial charge in [0.2, 0.25) is 0 Å².